The molecule has 3 heteroatoms. The highest BCUT2D eigenvalue weighted by molar-refractivity contribution is 6.08. The highest BCUT2D eigenvalue weighted by atomic mass is 16.5. The molecule has 3 nitrogen and oxygen atoms in total. The number of aryl methyl sites for hydroxylation is 1. The van der Waals surface area contributed by atoms with Crippen LogP contribution < -0.4 is 4.74 Å². The predicted molar refractivity (Wildman–Crippen MR) is 102 cm³/mol. The van der Waals surface area contributed by atoms with Gasteiger partial charge in [-0.2, -0.15) is 0 Å². The molecule has 0 aliphatic carbocycles. The van der Waals surface area contributed by atoms with E-state index in [1.54, 1.807) is 30.3 Å². The summed E-state index contributed by atoms with van der Waals surface area (Å²) in [5.74, 6) is 0.119. The normalized spacial score (nSPS) is 20.3. The molecule has 0 unspecified atom stereocenters. The van der Waals surface area contributed by atoms with Crippen LogP contribution >= 0.6 is 0 Å². The molecule has 2 aromatic carbocycles. The molecule has 0 aliphatic heterocycles. The number of hydrogen-bond donors (Lipinski definition) is 0. The minimum atomic E-state index is -3.80. The van der Waals surface area contributed by atoms with Crippen molar-refractivity contribution in [2.45, 2.75) is 38.9 Å². The van der Waals surface area contributed by atoms with Crippen LogP contribution in [0.3, 0.4) is 0 Å². The van der Waals surface area contributed by atoms with Gasteiger partial charge in [0, 0.05) is 50.7 Å². The third kappa shape index (κ3) is 3.93. The highest BCUT2D eigenvalue weighted by Gasteiger charge is 2.15. The van der Waals surface area contributed by atoms with Gasteiger partial charge in [-0.3, -0.25) is 4.79 Å². The first-order chi connectivity index (χ1) is 16.4. The van der Waals surface area contributed by atoms with Gasteiger partial charge in [0.05, 0.1) is 7.11 Å². The molecule has 1 aromatic heterocycles. The van der Waals surface area contributed by atoms with Gasteiger partial charge < -0.3 is 9.30 Å². The summed E-state index contributed by atoms with van der Waals surface area (Å²) < 4.78 is 93.6. The lowest BCUT2D eigenvalue weighted by atomic mass is 10.0. The van der Waals surface area contributed by atoms with Crippen molar-refractivity contribution >= 4 is 16.7 Å². The van der Waals surface area contributed by atoms with Crippen LogP contribution in [0.15, 0.2) is 54.7 Å². The van der Waals surface area contributed by atoms with Crippen LogP contribution in [0.25, 0.3) is 10.9 Å². The van der Waals surface area contributed by atoms with Gasteiger partial charge in [-0.25, -0.2) is 0 Å². The second-order valence-electron chi connectivity index (χ2n) is 5.37. The van der Waals surface area contributed by atoms with Gasteiger partial charge in [-0.15, -0.1) is 0 Å². The average molecular weight is 347 g/mol. The molecule has 130 valence electrons. The first kappa shape index (κ1) is 8.22. The summed E-state index contributed by atoms with van der Waals surface area (Å²) in [6.45, 7) is -6.88. The second kappa shape index (κ2) is 8.02. The van der Waals surface area contributed by atoms with E-state index in [-0.39, 0.29) is 22.9 Å². The lowest BCUT2D eigenvalue weighted by Crippen LogP contribution is -2.03. The fourth-order valence-corrected chi connectivity index (χ4v) is 2.68. The Balaban J connectivity index is 2.13. The van der Waals surface area contributed by atoms with Crippen LogP contribution in [0.2, 0.25) is 0 Å². The Morgan fingerprint density at radius 1 is 1.20 bits per heavy atom. The van der Waals surface area contributed by atoms with E-state index in [1.807, 2.05) is 0 Å². The molecule has 25 heavy (non-hydrogen) atoms. The molecule has 0 amide bonds. The van der Waals surface area contributed by atoms with Crippen LogP contribution in [0.1, 0.15) is 57.0 Å². The quantitative estimate of drug-likeness (QED) is 0.521. The Labute approximate surface area is 164 Å². The zero-order valence-corrected chi connectivity index (χ0v) is 13.7. The van der Waals surface area contributed by atoms with Crippen molar-refractivity contribution in [3.8, 4) is 5.75 Å². The monoisotopic (exact) mass is 346 g/mol. The first-order valence-electron chi connectivity index (χ1n) is 13.2. The predicted octanol–water partition coefficient (Wildman–Crippen LogP) is 5.27. The van der Waals surface area contributed by atoms with Crippen molar-refractivity contribution < 1.29 is 24.6 Å². The number of fused-ring (bicyclic) bond motifs is 1. The Kier molecular flexibility index (Phi) is 2.64. The summed E-state index contributed by atoms with van der Waals surface area (Å²) in [7, 11) is 1.48. The summed E-state index contributed by atoms with van der Waals surface area (Å²) >= 11 is 0. The maximum Gasteiger partial charge on any atom is 0.169 e. The maximum absolute atomic E-state index is 13.2. The number of carbonyl (C=O) groups is 1. The smallest absolute Gasteiger partial charge is 0.169 e. The number of hydrogen-bond acceptors (Lipinski definition) is 2. The Morgan fingerprint density at radius 3 is 2.92 bits per heavy atom. The minimum absolute atomic E-state index is 0.0486. The molecule has 0 saturated heterocycles. The van der Waals surface area contributed by atoms with E-state index in [0.29, 0.717) is 11.3 Å². The summed E-state index contributed by atoms with van der Waals surface area (Å²) in [5.41, 5.74) is 0.731. The number of Topliss-reactive ketones (excluding diaryl/α,β-unsaturated/α-hetero) is 1. The molecule has 0 aliphatic rings. The average Bonchev–Trinajstić information content (AvgIpc) is 3.18. The van der Waals surface area contributed by atoms with E-state index < -0.39 is 38.3 Å². The summed E-state index contributed by atoms with van der Waals surface area (Å²) in [6, 6.07) is 12.9. The van der Waals surface area contributed by atoms with E-state index in [0.717, 1.165) is 10.8 Å². The van der Waals surface area contributed by atoms with E-state index in [9.17, 15) is 4.79 Å². The number of nitrogens with zero attached hydrogens (tertiary/aromatic N) is 1. The van der Waals surface area contributed by atoms with Crippen LogP contribution in [0, 0.1) is 0 Å². The first-order valence-corrected chi connectivity index (χ1v) is 7.67. The number of ether oxygens (including phenoxy) is 1. The molecule has 0 saturated carbocycles. The van der Waals surface area contributed by atoms with Gasteiger partial charge in [-0.05, 0) is 30.1 Å². The van der Waals surface area contributed by atoms with Gasteiger partial charge in [0.15, 0.2) is 5.78 Å². The van der Waals surface area contributed by atoms with Crippen molar-refractivity contribution in [2.24, 2.45) is 0 Å². The van der Waals surface area contributed by atoms with Crippen molar-refractivity contribution in [3.63, 3.8) is 0 Å². The van der Waals surface area contributed by atoms with Crippen molar-refractivity contribution in [3.05, 3.63) is 65.9 Å². The largest absolute Gasteiger partial charge is 0.497 e. The van der Waals surface area contributed by atoms with Crippen molar-refractivity contribution in [1.29, 1.82) is 0 Å². The molecule has 0 spiro atoms. The molecule has 0 N–H and O–H groups in total. The third-order valence-electron chi connectivity index (χ3n) is 3.81. The molecule has 0 fully saturated rings. The number of carbonyl (C=O) groups excluding carboxylic acids is 1. The zero-order valence-electron chi connectivity index (χ0n) is 24.7. The summed E-state index contributed by atoms with van der Waals surface area (Å²) in [6.07, 6.45) is -10.2. The Bertz CT molecular complexity index is 1280. The van der Waals surface area contributed by atoms with E-state index in [4.69, 9.17) is 19.8 Å². The fourth-order valence-electron chi connectivity index (χ4n) is 2.68. The van der Waals surface area contributed by atoms with E-state index >= 15 is 0 Å². The zero-order chi connectivity index (χ0) is 27.3. The molecule has 0 bridgehead atoms. The number of methoxy groups -OCH3 is 1. The third-order valence-corrected chi connectivity index (χ3v) is 3.81. The molecule has 0 radical (unpaired) electrons. The van der Waals surface area contributed by atoms with Crippen LogP contribution in [-0.4, -0.2) is 17.5 Å². The summed E-state index contributed by atoms with van der Waals surface area (Å²) in [5, 5.41) is 0.282. The van der Waals surface area contributed by atoms with Crippen LogP contribution in [0.5, 0.6) is 5.75 Å². The number of aromatic nitrogens is 1. The van der Waals surface area contributed by atoms with Gasteiger partial charge in [0.25, 0.3) is 0 Å². The van der Waals surface area contributed by atoms with E-state index in [1.165, 1.54) is 25.3 Å². The lowest BCUT2D eigenvalue weighted by molar-refractivity contribution is 0.0994. The van der Waals surface area contributed by atoms with Gasteiger partial charge in [0.2, 0.25) is 0 Å². The van der Waals surface area contributed by atoms with Crippen LogP contribution in [0.4, 0.5) is 0 Å². The van der Waals surface area contributed by atoms with Crippen molar-refractivity contribution in [2.75, 3.05) is 7.11 Å². The number of para-hydroxylation sites is 1. The molecular weight excluding hydrogens is 310 g/mol. The lowest BCUT2D eigenvalue weighted by Gasteiger charge is -2.04. The van der Waals surface area contributed by atoms with Gasteiger partial charge in [0.1, 0.15) is 5.75 Å². The molecule has 0 atom stereocenters. The van der Waals surface area contributed by atoms with Crippen LogP contribution in [-0.2, 0) is 12.9 Å². The molecular formula is C22H25NO2. The topological polar surface area (TPSA) is 31.2 Å². The number of rotatable bonds is 8. The Hall–Kier alpha value is -2.55. The van der Waals surface area contributed by atoms with Crippen molar-refractivity contribution in [1.82, 2.24) is 4.57 Å². The molecule has 3 aromatic rings. The molecule has 3 rings (SSSR count). The summed E-state index contributed by atoms with van der Waals surface area (Å²) in [4.78, 5) is 13.2. The highest BCUT2D eigenvalue weighted by Crippen LogP contribution is 2.24. The standard InChI is InChI=1S/C22H25NO2/c1-3-4-7-13-23-16-20(19-11-5-6-12-21(19)23)22(24)15-17-9-8-10-18(14-17)25-2/h5-6,8-12,14,16H,3-4,7,13,15H2,1-2H3/i1D3,3D2,4D2,7D2,13D2. The van der Waals surface area contributed by atoms with Gasteiger partial charge >= 0.3 is 0 Å². The van der Waals surface area contributed by atoms with E-state index in [2.05, 4.69) is 0 Å². The van der Waals surface area contributed by atoms with Gasteiger partial charge in [-0.1, -0.05) is 49.9 Å². The fraction of sp³-hybridized carbons (Fsp3) is 0.318. The minimum Gasteiger partial charge on any atom is -0.497 e. The second-order valence-corrected chi connectivity index (χ2v) is 5.37. The Morgan fingerprint density at radius 2 is 2.08 bits per heavy atom. The molecule has 1 heterocycles. The number of benzene rings is 2. The maximum atomic E-state index is 13.2. The number of ketones is 1. The SMILES string of the molecule is [2H]C([2H])([2H])C([2H])([2H])C([2H])([2H])C([2H])([2H])C([2H])([2H])n1cc(C(=O)Cc2cccc(OC)c2)c2ccccc21.